The molecule has 4 nitrogen and oxygen atoms in total. The number of ether oxygens (including phenoxy) is 1. The van der Waals surface area contributed by atoms with E-state index in [4.69, 9.17) is 27.9 Å². The van der Waals surface area contributed by atoms with Gasteiger partial charge in [0.1, 0.15) is 17.4 Å². The van der Waals surface area contributed by atoms with Gasteiger partial charge in [-0.2, -0.15) is 0 Å². The van der Waals surface area contributed by atoms with Gasteiger partial charge in [-0.25, -0.2) is 13.6 Å². The van der Waals surface area contributed by atoms with Gasteiger partial charge < -0.3 is 14.2 Å². The Morgan fingerprint density at radius 2 is 1.68 bits per heavy atom. The fourth-order valence-electron chi connectivity index (χ4n) is 3.96. The Balaban J connectivity index is 1.86. The molecule has 0 N–H and O–H groups in total. The van der Waals surface area contributed by atoms with Crippen LogP contribution in [0.3, 0.4) is 0 Å². The first-order chi connectivity index (χ1) is 16.3. The summed E-state index contributed by atoms with van der Waals surface area (Å²) in [4.78, 5) is 14.3. The zero-order chi connectivity index (χ0) is 24.4. The van der Waals surface area contributed by atoms with Gasteiger partial charge in [-0.1, -0.05) is 23.2 Å². The van der Waals surface area contributed by atoms with E-state index < -0.39 is 17.7 Å². The van der Waals surface area contributed by atoms with Crippen LogP contribution in [0.25, 0.3) is 22.0 Å². The van der Waals surface area contributed by atoms with Crippen LogP contribution in [-0.4, -0.2) is 28.6 Å². The van der Waals surface area contributed by atoms with Gasteiger partial charge >= 0.3 is 6.09 Å². The van der Waals surface area contributed by atoms with E-state index in [1.165, 1.54) is 6.07 Å². The molecule has 1 aromatic heterocycles. The van der Waals surface area contributed by atoms with Gasteiger partial charge in [-0.3, -0.25) is 0 Å². The number of amides is 1. The van der Waals surface area contributed by atoms with Crippen molar-refractivity contribution in [1.82, 2.24) is 9.47 Å². The lowest BCUT2D eigenvalue weighted by molar-refractivity contribution is 0.157. The summed E-state index contributed by atoms with van der Waals surface area (Å²) in [6, 6.07) is 13.8. The second kappa shape index (κ2) is 10.0. The van der Waals surface area contributed by atoms with Crippen molar-refractivity contribution >= 4 is 40.2 Å². The van der Waals surface area contributed by atoms with Crippen molar-refractivity contribution in [3.05, 3.63) is 88.0 Å². The van der Waals surface area contributed by atoms with E-state index in [1.54, 1.807) is 46.0 Å². The molecule has 0 fully saturated rings. The standard InChI is InChI=1S/C26H22Cl2F2N2O2/c1-3-31(4-2)26(33)34-24-8-7-23-21(25(24)16-11-18(27)14-19(28)12-16)9-10-32(23)15-17-13-20(29)5-6-22(17)30/h5-14H,3-4,15H2,1-2H3. The monoisotopic (exact) mass is 502 g/mol. The first-order valence-corrected chi connectivity index (χ1v) is 11.5. The van der Waals surface area contributed by atoms with E-state index >= 15 is 0 Å². The Labute approximate surface area is 206 Å². The van der Waals surface area contributed by atoms with Crippen molar-refractivity contribution in [2.45, 2.75) is 20.4 Å². The third-order valence-electron chi connectivity index (χ3n) is 5.63. The summed E-state index contributed by atoms with van der Waals surface area (Å²) in [7, 11) is 0. The van der Waals surface area contributed by atoms with Crippen LogP contribution in [0.5, 0.6) is 5.75 Å². The number of aromatic nitrogens is 1. The minimum atomic E-state index is -0.507. The van der Waals surface area contributed by atoms with Crippen LogP contribution in [0.15, 0.2) is 60.8 Å². The van der Waals surface area contributed by atoms with Crippen molar-refractivity contribution in [3.63, 3.8) is 0 Å². The van der Waals surface area contributed by atoms with Crippen molar-refractivity contribution in [3.8, 4) is 16.9 Å². The molecule has 8 heteroatoms. The summed E-state index contributed by atoms with van der Waals surface area (Å²) in [5, 5.41) is 1.61. The summed E-state index contributed by atoms with van der Waals surface area (Å²) < 4.78 is 35.5. The highest BCUT2D eigenvalue weighted by Gasteiger charge is 2.20. The number of halogens is 4. The average molecular weight is 503 g/mol. The van der Waals surface area contributed by atoms with Gasteiger partial charge in [-0.05, 0) is 74.0 Å². The molecule has 0 bridgehead atoms. The molecule has 0 saturated carbocycles. The van der Waals surface area contributed by atoms with Crippen LogP contribution in [0.2, 0.25) is 10.0 Å². The number of benzene rings is 3. The highest BCUT2D eigenvalue weighted by atomic mass is 35.5. The van der Waals surface area contributed by atoms with Crippen molar-refractivity contribution < 1.29 is 18.3 Å². The van der Waals surface area contributed by atoms with Gasteiger partial charge in [0, 0.05) is 51.4 Å². The number of carbonyl (C=O) groups is 1. The maximum absolute atomic E-state index is 14.3. The number of rotatable bonds is 6. The SMILES string of the molecule is CCN(CC)C(=O)Oc1ccc2c(ccn2Cc2cc(F)ccc2F)c1-c1cc(Cl)cc(Cl)c1. The van der Waals surface area contributed by atoms with Gasteiger partial charge in [0.05, 0.1) is 6.54 Å². The highest BCUT2D eigenvalue weighted by molar-refractivity contribution is 6.35. The molecule has 0 aliphatic carbocycles. The second-order valence-electron chi connectivity index (χ2n) is 7.75. The number of nitrogens with zero attached hydrogens (tertiary/aromatic N) is 2. The minimum absolute atomic E-state index is 0.126. The number of hydrogen-bond donors (Lipinski definition) is 0. The molecule has 176 valence electrons. The molecule has 0 saturated heterocycles. The van der Waals surface area contributed by atoms with Gasteiger partial charge in [-0.15, -0.1) is 0 Å². The average Bonchev–Trinajstić information content (AvgIpc) is 3.19. The quantitative estimate of drug-likeness (QED) is 0.269. The Kier molecular flexibility index (Phi) is 7.10. The Hall–Kier alpha value is -3.09. The van der Waals surface area contributed by atoms with E-state index in [-0.39, 0.29) is 12.1 Å². The predicted octanol–water partition coefficient (Wildman–Crippen LogP) is 7.78. The molecular formula is C26H22Cl2F2N2O2. The number of fused-ring (bicyclic) bond motifs is 1. The lowest BCUT2D eigenvalue weighted by Crippen LogP contribution is -2.33. The molecular weight excluding hydrogens is 481 g/mol. The number of carbonyl (C=O) groups excluding carboxylic acids is 1. The van der Waals surface area contributed by atoms with Gasteiger partial charge in [0.25, 0.3) is 0 Å². The zero-order valence-electron chi connectivity index (χ0n) is 18.6. The van der Waals surface area contributed by atoms with E-state index in [9.17, 15) is 13.6 Å². The van der Waals surface area contributed by atoms with E-state index in [1.807, 2.05) is 19.9 Å². The smallest absolute Gasteiger partial charge is 0.410 e. The molecule has 0 radical (unpaired) electrons. The summed E-state index contributed by atoms with van der Waals surface area (Å²) >= 11 is 12.5. The molecule has 0 aliphatic rings. The molecule has 1 amide bonds. The predicted molar refractivity (Wildman–Crippen MR) is 132 cm³/mol. The molecule has 4 rings (SSSR count). The molecule has 3 aromatic carbocycles. The molecule has 34 heavy (non-hydrogen) atoms. The summed E-state index contributed by atoms with van der Waals surface area (Å²) in [6.07, 6.45) is 1.31. The normalized spacial score (nSPS) is 11.1. The largest absolute Gasteiger partial charge is 0.415 e. The lowest BCUT2D eigenvalue weighted by Gasteiger charge is -2.20. The van der Waals surface area contributed by atoms with Crippen LogP contribution in [-0.2, 0) is 6.54 Å². The Morgan fingerprint density at radius 1 is 0.971 bits per heavy atom. The topological polar surface area (TPSA) is 34.5 Å². The first kappa shape index (κ1) is 24.0. The Bertz CT molecular complexity index is 1350. The van der Waals surface area contributed by atoms with Crippen molar-refractivity contribution in [2.75, 3.05) is 13.1 Å². The molecule has 4 aromatic rings. The Morgan fingerprint density at radius 3 is 2.35 bits per heavy atom. The zero-order valence-corrected chi connectivity index (χ0v) is 20.1. The van der Waals surface area contributed by atoms with E-state index in [2.05, 4.69) is 0 Å². The third-order valence-corrected chi connectivity index (χ3v) is 6.07. The summed E-state index contributed by atoms with van der Waals surface area (Å²) in [5.74, 6) is -0.653. The van der Waals surface area contributed by atoms with Crippen molar-refractivity contribution in [2.24, 2.45) is 0 Å². The molecule has 0 spiro atoms. The summed E-state index contributed by atoms with van der Waals surface area (Å²) in [6.45, 7) is 4.88. The van der Waals surface area contributed by atoms with Gasteiger partial charge in [0.15, 0.2) is 0 Å². The second-order valence-corrected chi connectivity index (χ2v) is 8.62. The van der Waals surface area contributed by atoms with E-state index in [0.29, 0.717) is 40.0 Å². The molecule has 0 unspecified atom stereocenters. The fraction of sp³-hybridized carbons (Fsp3) is 0.192. The first-order valence-electron chi connectivity index (χ1n) is 10.8. The van der Waals surface area contributed by atoms with Crippen molar-refractivity contribution in [1.29, 1.82) is 0 Å². The van der Waals surface area contributed by atoms with Crippen LogP contribution < -0.4 is 4.74 Å². The highest BCUT2D eigenvalue weighted by Crippen LogP contribution is 2.40. The number of hydrogen-bond acceptors (Lipinski definition) is 2. The van der Waals surface area contributed by atoms with Crippen LogP contribution >= 0.6 is 23.2 Å². The van der Waals surface area contributed by atoms with Crippen LogP contribution in [0.4, 0.5) is 13.6 Å². The maximum atomic E-state index is 14.3. The molecule has 0 atom stereocenters. The third kappa shape index (κ3) is 4.88. The van der Waals surface area contributed by atoms with E-state index in [0.717, 1.165) is 23.0 Å². The maximum Gasteiger partial charge on any atom is 0.415 e. The summed E-state index contributed by atoms with van der Waals surface area (Å²) in [5.41, 5.74) is 2.26. The van der Waals surface area contributed by atoms with Crippen LogP contribution in [0.1, 0.15) is 19.4 Å². The molecule has 1 heterocycles. The molecule has 0 aliphatic heterocycles. The fourth-order valence-corrected chi connectivity index (χ4v) is 4.49. The van der Waals surface area contributed by atoms with Gasteiger partial charge in [0.2, 0.25) is 0 Å². The van der Waals surface area contributed by atoms with Crippen LogP contribution in [0, 0.1) is 11.6 Å². The minimum Gasteiger partial charge on any atom is -0.410 e. The lowest BCUT2D eigenvalue weighted by atomic mass is 10.0.